The number of hydrogen-bond acceptors (Lipinski definition) is 3. The molecule has 1 aliphatic carbocycles. The predicted molar refractivity (Wildman–Crippen MR) is 89.0 cm³/mol. The van der Waals surface area contributed by atoms with Crippen molar-refractivity contribution in [2.24, 2.45) is 5.92 Å². The second-order valence-corrected chi connectivity index (χ2v) is 8.71. The highest BCUT2D eigenvalue weighted by Crippen LogP contribution is 2.37. The first-order valence-electron chi connectivity index (χ1n) is 7.66. The normalized spacial score (nSPS) is 23.0. The van der Waals surface area contributed by atoms with E-state index in [1.165, 1.54) is 6.07 Å². The first-order valence-corrected chi connectivity index (χ1v) is 9.86. The Morgan fingerprint density at radius 3 is 2.64 bits per heavy atom. The Morgan fingerprint density at radius 2 is 2.00 bits per heavy atom. The van der Waals surface area contributed by atoms with Crippen molar-refractivity contribution in [3.8, 4) is 0 Å². The van der Waals surface area contributed by atoms with Gasteiger partial charge in [-0.15, -0.1) is 0 Å². The quantitative estimate of drug-likeness (QED) is 0.874. The third-order valence-corrected chi connectivity index (χ3v) is 7.19. The highest BCUT2D eigenvalue weighted by Gasteiger charge is 2.40. The number of benzene rings is 1. The molecule has 0 spiro atoms. The summed E-state index contributed by atoms with van der Waals surface area (Å²) < 4.78 is 27.7. The van der Waals surface area contributed by atoms with Gasteiger partial charge in [-0.1, -0.05) is 29.3 Å². The van der Waals surface area contributed by atoms with E-state index in [4.69, 9.17) is 23.2 Å². The summed E-state index contributed by atoms with van der Waals surface area (Å²) in [4.78, 5) is 0.123. The molecular weight excluding hydrogens is 343 g/mol. The molecule has 1 saturated carbocycles. The lowest BCUT2D eigenvalue weighted by molar-refractivity contribution is 0.287. The minimum Gasteiger partial charge on any atom is -0.316 e. The fourth-order valence-corrected chi connectivity index (χ4v) is 5.45. The van der Waals surface area contributed by atoms with E-state index in [-0.39, 0.29) is 21.0 Å². The number of rotatable bonds is 5. The van der Waals surface area contributed by atoms with Crippen molar-refractivity contribution in [1.82, 2.24) is 9.62 Å². The van der Waals surface area contributed by atoms with Crippen molar-refractivity contribution >= 4 is 33.2 Å². The molecule has 0 radical (unpaired) electrons. The largest absolute Gasteiger partial charge is 0.316 e. The lowest BCUT2D eigenvalue weighted by Gasteiger charge is -2.30. The third-order valence-electron chi connectivity index (χ3n) is 4.29. The molecule has 1 N–H and O–H groups in total. The standard InChI is InChI=1S/C15H20Cl2N2O2S/c16-13-4-1-5-14(15(13)17)22(20,21)19(12-6-7-12)10-11-3-2-8-18-9-11/h1,4-5,11-12,18H,2-3,6-10H2/t11-/m1/s1. The second kappa shape index (κ2) is 6.65. The summed E-state index contributed by atoms with van der Waals surface area (Å²) in [6.07, 6.45) is 4.02. The summed E-state index contributed by atoms with van der Waals surface area (Å²) in [7, 11) is -3.60. The SMILES string of the molecule is O=S(=O)(c1cccc(Cl)c1Cl)N(C[C@@H]1CCCNC1)C1CC1. The zero-order chi connectivity index (χ0) is 15.7. The van der Waals surface area contributed by atoms with Gasteiger partial charge in [-0.05, 0) is 56.8 Å². The van der Waals surface area contributed by atoms with Crippen LogP contribution in [0, 0.1) is 5.92 Å². The van der Waals surface area contributed by atoms with Crippen molar-refractivity contribution in [2.75, 3.05) is 19.6 Å². The predicted octanol–water partition coefficient (Wildman–Crippen LogP) is 3.15. The van der Waals surface area contributed by atoms with Crippen molar-refractivity contribution in [1.29, 1.82) is 0 Å². The van der Waals surface area contributed by atoms with Crippen LogP contribution in [0.15, 0.2) is 23.1 Å². The van der Waals surface area contributed by atoms with Gasteiger partial charge in [-0.3, -0.25) is 0 Å². The van der Waals surface area contributed by atoms with Crippen LogP contribution in [0.4, 0.5) is 0 Å². The number of halogens is 2. The zero-order valence-corrected chi connectivity index (χ0v) is 14.6. The summed E-state index contributed by atoms with van der Waals surface area (Å²) in [6, 6.07) is 4.89. The fraction of sp³-hybridized carbons (Fsp3) is 0.600. The van der Waals surface area contributed by atoms with E-state index >= 15 is 0 Å². The smallest absolute Gasteiger partial charge is 0.244 e. The molecule has 22 heavy (non-hydrogen) atoms. The van der Waals surface area contributed by atoms with Crippen LogP contribution in [0.25, 0.3) is 0 Å². The third kappa shape index (κ3) is 3.44. The molecule has 0 bridgehead atoms. The van der Waals surface area contributed by atoms with Gasteiger partial charge in [0.1, 0.15) is 4.90 Å². The van der Waals surface area contributed by atoms with Crippen LogP contribution in [-0.4, -0.2) is 38.4 Å². The lowest BCUT2D eigenvalue weighted by atomic mass is 10.00. The Hall–Kier alpha value is -0.330. The van der Waals surface area contributed by atoms with E-state index in [9.17, 15) is 8.42 Å². The van der Waals surface area contributed by atoms with E-state index in [1.807, 2.05) is 0 Å². The molecule has 0 aromatic heterocycles. The highest BCUT2D eigenvalue weighted by molar-refractivity contribution is 7.89. The Morgan fingerprint density at radius 1 is 1.23 bits per heavy atom. The van der Waals surface area contributed by atoms with Gasteiger partial charge in [0.15, 0.2) is 0 Å². The summed E-state index contributed by atoms with van der Waals surface area (Å²) in [5, 5.41) is 3.74. The molecule has 2 aliphatic rings. The number of nitrogens with one attached hydrogen (secondary N) is 1. The van der Waals surface area contributed by atoms with Crippen LogP contribution in [0.3, 0.4) is 0 Å². The van der Waals surface area contributed by atoms with Crippen molar-refractivity contribution in [3.05, 3.63) is 28.2 Å². The molecule has 1 aliphatic heterocycles. The Labute approximate surface area is 141 Å². The monoisotopic (exact) mass is 362 g/mol. The molecular formula is C15H20Cl2N2O2S. The summed E-state index contributed by atoms with van der Waals surface area (Å²) in [6.45, 7) is 2.46. The number of hydrogen-bond donors (Lipinski definition) is 1. The van der Waals surface area contributed by atoms with Crippen molar-refractivity contribution in [2.45, 2.75) is 36.6 Å². The van der Waals surface area contributed by atoms with Crippen molar-refractivity contribution in [3.63, 3.8) is 0 Å². The molecule has 122 valence electrons. The molecule has 1 heterocycles. The first-order chi connectivity index (χ1) is 10.5. The maximum Gasteiger partial charge on any atom is 0.244 e. The summed E-state index contributed by atoms with van der Waals surface area (Å²) in [5.41, 5.74) is 0. The topological polar surface area (TPSA) is 49.4 Å². The minimum absolute atomic E-state index is 0.113. The molecule has 0 unspecified atom stereocenters. The maximum absolute atomic E-state index is 13.0. The number of nitrogens with zero attached hydrogens (tertiary/aromatic N) is 1. The maximum atomic E-state index is 13.0. The van der Waals surface area contributed by atoms with Crippen LogP contribution >= 0.6 is 23.2 Å². The molecule has 1 saturated heterocycles. The molecule has 7 heteroatoms. The Balaban J connectivity index is 1.87. The average Bonchev–Trinajstić information content (AvgIpc) is 3.33. The van der Waals surface area contributed by atoms with Crippen LogP contribution in [0.5, 0.6) is 0 Å². The second-order valence-electron chi connectivity index (χ2n) is 6.07. The number of piperidine rings is 1. The lowest BCUT2D eigenvalue weighted by Crippen LogP contribution is -2.42. The van der Waals surface area contributed by atoms with Gasteiger partial charge in [0, 0.05) is 12.6 Å². The molecule has 3 rings (SSSR count). The van der Waals surface area contributed by atoms with Gasteiger partial charge in [0.2, 0.25) is 10.0 Å². The fourth-order valence-electron chi connectivity index (χ4n) is 2.95. The molecule has 0 amide bonds. The number of sulfonamides is 1. The average molecular weight is 363 g/mol. The van der Waals surface area contributed by atoms with E-state index in [2.05, 4.69) is 5.32 Å². The van der Waals surface area contributed by atoms with E-state index < -0.39 is 10.0 Å². The summed E-state index contributed by atoms with van der Waals surface area (Å²) in [5.74, 6) is 0.363. The van der Waals surface area contributed by atoms with Crippen LogP contribution in [0.2, 0.25) is 10.0 Å². The van der Waals surface area contributed by atoms with Gasteiger partial charge in [0.25, 0.3) is 0 Å². The van der Waals surface area contributed by atoms with Gasteiger partial charge in [-0.2, -0.15) is 4.31 Å². The highest BCUT2D eigenvalue weighted by atomic mass is 35.5. The Bertz CT molecular complexity index is 641. The van der Waals surface area contributed by atoms with Crippen LogP contribution in [0.1, 0.15) is 25.7 Å². The van der Waals surface area contributed by atoms with Gasteiger partial charge >= 0.3 is 0 Å². The van der Waals surface area contributed by atoms with Gasteiger partial charge in [0.05, 0.1) is 10.0 Å². The van der Waals surface area contributed by atoms with Gasteiger partial charge < -0.3 is 5.32 Å². The van der Waals surface area contributed by atoms with Gasteiger partial charge in [-0.25, -0.2) is 8.42 Å². The Kier molecular flexibility index (Phi) is 5.00. The van der Waals surface area contributed by atoms with E-state index in [0.717, 1.165) is 38.8 Å². The summed E-state index contributed by atoms with van der Waals surface area (Å²) >= 11 is 12.1. The molecule has 1 aromatic rings. The first kappa shape index (κ1) is 16.5. The minimum atomic E-state index is -3.60. The zero-order valence-electron chi connectivity index (χ0n) is 12.3. The molecule has 1 aromatic carbocycles. The molecule has 1 atom stereocenters. The van der Waals surface area contributed by atoms with Crippen LogP contribution < -0.4 is 5.32 Å². The molecule has 4 nitrogen and oxygen atoms in total. The van der Waals surface area contributed by atoms with Crippen molar-refractivity contribution < 1.29 is 8.42 Å². The van der Waals surface area contributed by atoms with E-state index in [1.54, 1.807) is 16.4 Å². The van der Waals surface area contributed by atoms with Crippen LogP contribution in [-0.2, 0) is 10.0 Å². The molecule has 2 fully saturated rings. The van der Waals surface area contributed by atoms with E-state index in [0.29, 0.717) is 12.5 Å².